The van der Waals surface area contributed by atoms with E-state index in [1.807, 2.05) is 0 Å². The van der Waals surface area contributed by atoms with Crippen molar-refractivity contribution in [2.24, 2.45) is 0 Å². The summed E-state index contributed by atoms with van der Waals surface area (Å²) in [5.74, 6) is 2.17. The molecule has 0 radical (unpaired) electrons. The molecule has 0 aliphatic heterocycles. The van der Waals surface area contributed by atoms with Gasteiger partial charge < -0.3 is 0 Å². The van der Waals surface area contributed by atoms with Crippen LogP contribution in [-0.2, 0) is 0 Å². The van der Waals surface area contributed by atoms with Crippen LogP contribution in [0.5, 0.6) is 0 Å². The van der Waals surface area contributed by atoms with Crippen LogP contribution in [0.25, 0.3) is 6.08 Å². The van der Waals surface area contributed by atoms with Crippen molar-refractivity contribution in [1.29, 1.82) is 0 Å². The Morgan fingerprint density at radius 1 is 0.857 bits per heavy atom. The van der Waals surface area contributed by atoms with Crippen LogP contribution in [0.2, 0.25) is 0 Å². The first-order chi connectivity index (χ1) is 9.70. The SMILES string of the molecule is B/C=C(B)/C(B)=C(B)\C(B)=C\c1cc(Br)c(B)c(B)c1B. The molecule has 0 saturated carbocycles. The predicted octanol–water partition coefficient (Wildman–Crippen LogP) is -6.22. The van der Waals surface area contributed by atoms with Crippen molar-refractivity contribution in [1.82, 2.24) is 0 Å². The lowest BCUT2D eigenvalue weighted by molar-refractivity contribution is 1.70. The van der Waals surface area contributed by atoms with Gasteiger partial charge in [0.2, 0.25) is 0 Å². The highest BCUT2D eigenvalue weighted by atomic mass is 79.9. The molecule has 1 aromatic rings. The van der Waals surface area contributed by atoms with Gasteiger partial charge in [-0.25, -0.2) is 0 Å². The second kappa shape index (κ2) is 7.63. The van der Waals surface area contributed by atoms with Gasteiger partial charge >= 0.3 is 0 Å². The van der Waals surface area contributed by atoms with Crippen molar-refractivity contribution in [3.8, 4) is 0 Å². The third-order valence-electron chi connectivity index (χ3n) is 4.75. The fraction of sp³-hybridized carbons (Fsp3) is 0. The molecule has 0 bridgehead atoms. The average Bonchev–Trinajstić information content (AvgIpc) is 2.47. The first kappa shape index (κ1) is 18.5. The molecule has 1 aromatic carbocycles. The molecule has 21 heavy (non-hydrogen) atoms. The summed E-state index contributed by atoms with van der Waals surface area (Å²) in [6.45, 7) is 0. The zero-order chi connectivity index (χ0) is 16.3. The van der Waals surface area contributed by atoms with Crippen molar-refractivity contribution in [3.63, 3.8) is 0 Å². The zero-order valence-electron chi connectivity index (χ0n) is 14.6. The Hall–Kier alpha value is -0.561. The topological polar surface area (TPSA) is 0 Å². The van der Waals surface area contributed by atoms with E-state index in [1.165, 1.54) is 48.3 Å². The Bertz CT molecular complexity index is 660. The van der Waals surface area contributed by atoms with E-state index in [0.29, 0.717) is 0 Å². The fourth-order valence-electron chi connectivity index (χ4n) is 2.33. The number of rotatable bonds is 3. The van der Waals surface area contributed by atoms with Crippen LogP contribution >= 0.6 is 15.9 Å². The van der Waals surface area contributed by atoms with Gasteiger partial charge in [-0.15, -0.1) is 22.4 Å². The smallest absolute Gasteiger partial charge is 0.131 e. The maximum atomic E-state index is 3.67. The lowest BCUT2D eigenvalue weighted by Crippen LogP contribution is -2.41. The fourth-order valence-corrected chi connectivity index (χ4v) is 2.87. The van der Waals surface area contributed by atoms with Gasteiger partial charge in [-0.3, -0.25) is 0 Å². The molecular weight excluding hydrogens is 311 g/mol. The molecular formula is C12H19B8Br. The van der Waals surface area contributed by atoms with E-state index in [2.05, 4.69) is 96.8 Å². The van der Waals surface area contributed by atoms with Gasteiger partial charge in [0, 0.05) is 4.47 Å². The Kier molecular flexibility index (Phi) is 6.71. The molecule has 0 atom stereocenters. The molecule has 1 rings (SSSR count). The predicted molar refractivity (Wildman–Crippen MR) is 124 cm³/mol. The second-order valence-electron chi connectivity index (χ2n) is 5.87. The lowest BCUT2D eigenvalue weighted by Gasteiger charge is -2.14. The van der Waals surface area contributed by atoms with Crippen molar-refractivity contribution >= 4 is 101 Å². The summed E-state index contributed by atoms with van der Waals surface area (Å²) in [6, 6.07) is 2.23. The van der Waals surface area contributed by atoms with Gasteiger partial charge in [0.05, 0.1) is 0 Å². The van der Waals surface area contributed by atoms with Crippen LogP contribution in [0.1, 0.15) is 5.56 Å². The minimum atomic E-state index is 1.19. The van der Waals surface area contributed by atoms with Gasteiger partial charge in [-0.2, -0.15) is 0 Å². The van der Waals surface area contributed by atoms with Crippen molar-refractivity contribution in [2.45, 2.75) is 0 Å². The Labute approximate surface area is 145 Å². The summed E-state index contributed by atoms with van der Waals surface area (Å²) in [4.78, 5) is 0. The van der Waals surface area contributed by atoms with Crippen molar-refractivity contribution in [3.05, 3.63) is 44.0 Å². The van der Waals surface area contributed by atoms with Gasteiger partial charge in [0.15, 0.2) is 0 Å². The van der Waals surface area contributed by atoms with Crippen LogP contribution < -0.4 is 16.4 Å². The molecule has 0 amide bonds. The first-order valence-corrected chi connectivity index (χ1v) is 8.25. The maximum absolute atomic E-state index is 3.67. The summed E-state index contributed by atoms with van der Waals surface area (Å²) >= 11 is 3.67. The van der Waals surface area contributed by atoms with E-state index in [0.717, 1.165) is 0 Å². The van der Waals surface area contributed by atoms with Crippen LogP contribution in [0.4, 0.5) is 0 Å². The standard InChI is InChI=1S/C12H19B8Br/c13-3-6(15)10(18)9(17)5(14)1-4-2-7(21)11(19)12(20)8(4)16/h1-3H,13-20H2/b5-1-,6-3-,10-9-. The highest BCUT2D eigenvalue weighted by Crippen LogP contribution is 2.15. The minimum absolute atomic E-state index is 1.19. The van der Waals surface area contributed by atoms with Gasteiger partial charge in [0.25, 0.3) is 0 Å². The number of benzene rings is 1. The first-order valence-electron chi connectivity index (χ1n) is 7.46. The molecule has 0 aliphatic rings. The van der Waals surface area contributed by atoms with E-state index < -0.39 is 0 Å². The molecule has 0 heterocycles. The van der Waals surface area contributed by atoms with Crippen molar-refractivity contribution < 1.29 is 0 Å². The van der Waals surface area contributed by atoms with Crippen molar-refractivity contribution in [2.75, 3.05) is 0 Å². The van der Waals surface area contributed by atoms with Crippen LogP contribution in [0.3, 0.4) is 0 Å². The monoisotopic (exact) mass is 330 g/mol. The molecule has 0 aromatic heterocycles. The van der Waals surface area contributed by atoms with Crippen LogP contribution in [-0.4, -0.2) is 62.8 Å². The third kappa shape index (κ3) is 4.22. The quantitative estimate of drug-likeness (QED) is 0.382. The molecule has 98 valence electrons. The largest absolute Gasteiger partial charge is 0.139 e. The molecule has 0 saturated heterocycles. The second-order valence-corrected chi connectivity index (χ2v) is 6.73. The van der Waals surface area contributed by atoms with Crippen LogP contribution in [0.15, 0.2) is 38.4 Å². The number of allylic oxidation sites excluding steroid dienone is 4. The molecule has 0 nitrogen and oxygen atoms in total. The van der Waals surface area contributed by atoms with Gasteiger partial charge in [0.1, 0.15) is 62.8 Å². The van der Waals surface area contributed by atoms with Gasteiger partial charge in [-0.1, -0.05) is 43.9 Å². The van der Waals surface area contributed by atoms with E-state index in [1.54, 1.807) is 0 Å². The summed E-state index contributed by atoms with van der Waals surface area (Å²) in [7, 11) is 17.4. The molecule has 0 spiro atoms. The Morgan fingerprint density at radius 2 is 1.38 bits per heavy atom. The Balaban J connectivity index is 3.39. The summed E-state index contributed by atoms with van der Waals surface area (Å²) in [5.41, 5.74) is 10.8. The molecule has 0 aliphatic carbocycles. The summed E-state index contributed by atoms with van der Waals surface area (Å²) < 4.78 is 1.19. The molecule has 9 heteroatoms. The highest BCUT2D eigenvalue weighted by molar-refractivity contribution is 9.10. The van der Waals surface area contributed by atoms with E-state index >= 15 is 0 Å². The minimum Gasteiger partial charge on any atom is -0.131 e. The lowest BCUT2D eigenvalue weighted by atomic mass is 9.63. The van der Waals surface area contributed by atoms with Gasteiger partial charge in [-0.05, 0) is 11.6 Å². The third-order valence-corrected chi connectivity index (χ3v) is 5.57. The van der Waals surface area contributed by atoms with Crippen LogP contribution in [0, 0.1) is 0 Å². The normalized spacial score (nSPS) is 14.0. The molecule has 0 fully saturated rings. The summed E-state index contributed by atoms with van der Waals surface area (Å²) in [6.07, 6.45) is 2.30. The number of hydrogen-bond acceptors (Lipinski definition) is 0. The Morgan fingerprint density at radius 3 is 1.90 bits per heavy atom. The number of hydrogen-bond donors (Lipinski definition) is 0. The molecule has 0 unspecified atom stereocenters. The molecule has 0 N–H and O–H groups in total. The van der Waals surface area contributed by atoms with E-state index in [-0.39, 0.29) is 0 Å². The average molecular weight is 330 g/mol. The zero-order valence-corrected chi connectivity index (χ0v) is 16.2. The summed E-state index contributed by atoms with van der Waals surface area (Å²) in [5, 5.41) is 0. The highest BCUT2D eigenvalue weighted by Gasteiger charge is 2.07. The van der Waals surface area contributed by atoms with E-state index in [9.17, 15) is 0 Å². The number of halogens is 1. The maximum Gasteiger partial charge on any atom is 0.139 e. The van der Waals surface area contributed by atoms with E-state index in [4.69, 9.17) is 0 Å².